The highest BCUT2D eigenvalue weighted by molar-refractivity contribution is 6.96. The van der Waals surface area contributed by atoms with Crippen LogP contribution < -0.4 is 9.92 Å². The average Bonchev–Trinajstić information content (AvgIpc) is 3.00. The standard InChI is InChI=1S/C23H36OSi/c1-9-10-12-18-13-11-14-20(18)25(7,8)21-16-17(2)15-19(22(21)24-6)23(3,4)5/h11,13,15-16H,9-10,12,14H2,1-8H3. The summed E-state index contributed by atoms with van der Waals surface area (Å²) in [5, 5.41) is 3.16. The van der Waals surface area contributed by atoms with E-state index < -0.39 is 8.07 Å². The molecule has 1 aliphatic rings. The van der Waals surface area contributed by atoms with E-state index in [1.54, 1.807) is 10.8 Å². The van der Waals surface area contributed by atoms with Crippen LogP contribution in [-0.2, 0) is 5.41 Å². The van der Waals surface area contributed by atoms with Gasteiger partial charge in [0.15, 0.2) is 0 Å². The van der Waals surface area contributed by atoms with Gasteiger partial charge in [-0.25, -0.2) is 0 Å². The molecule has 0 saturated heterocycles. The van der Waals surface area contributed by atoms with E-state index in [1.807, 2.05) is 7.11 Å². The third-order valence-electron chi connectivity index (χ3n) is 5.50. The van der Waals surface area contributed by atoms with E-state index in [4.69, 9.17) is 4.74 Å². The lowest BCUT2D eigenvalue weighted by Crippen LogP contribution is -2.45. The monoisotopic (exact) mass is 356 g/mol. The average molecular weight is 357 g/mol. The van der Waals surface area contributed by atoms with Crippen LogP contribution in [0.5, 0.6) is 5.75 Å². The quantitative estimate of drug-likeness (QED) is 0.551. The molecular weight excluding hydrogens is 320 g/mol. The van der Waals surface area contributed by atoms with E-state index >= 15 is 0 Å². The maximum absolute atomic E-state index is 6.01. The van der Waals surface area contributed by atoms with Crippen molar-refractivity contribution < 1.29 is 4.74 Å². The lowest BCUT2D eigenvalue weighted by molar-refractivity contribution is 0.400. The number of benzene rings is 1. The number of unbranched alkanes of at least 4 members (excludes halogenated alkanes) is 1. The highest BCUT2D eigenvalue weighted by atomic mass is 28.3. The largest absolute Gasteiger partial charge is 0.497 e. The molecule has 1 aromatic rings. The van der Waals surface area contributed by atoms with Gasteiger partial charge in [-0.3, -0.25) is 0 Å². The van der Waals surface area contributed by atoms with E-state index in [9.17, 15) is 0 Å². The van der Waals surface area contributed by atoms with E-state index in [0.717, 1.165) is 12.2 Å². The van der Waals surface area contributed by atoms with Crippen LogP contribution in [0, 0.1) is 6.92 Å². The molecule has 1 aliphatic carbocycles. The summed E-state index contributed by atoms with van der Waals surface area (Å²) in [6.45, 7) is 16.4. The molecule has 0 atom stereocenters. The maximum Gasteiger partial charge on any atom is 0.122 e. The maximum atomic E-state index is 6.01. The summed E-state index contributed by atoms with van der Waals surface area (Å²) in [7, 11) is 0.0660. The van der Waals surface area contributed by atoms with Gasteiger partial charge in [0.1, 0.15) is 13.8 Å². The Kier molecular flexibility index (Phi) is 6.04. The van der Waals surface area contributed by atoms with Gasteiger partial charge in [0.25, 0.3) is 0 Å². The zero-order valence-electron chi connectivity index (χ0n) is 17.5. The lowest BCUT2D eigenvalue weighted by Gasteiger charge is -2.32. The predicted molar refractivity (Wildman–Crippen MR) is 114 cm³/mol. The van der Waals surface area contributed by atoms with Gasteiger partial charge in [0, 0.05) is 0 Å². The molecule has 0 saturated carbocycles. The lowest BCUT2D eigenvalue weighted by atomic mass is 9.85. The summed E-state index contributed by atoms with van der Waals surface area (Å²) in [6, 6.07) is 4.70. The van der Waals surface area contributed by atoms with Crippen molar-refractivity contribution in [1.29, 1.82) is 0 Å². The van der Waals surface area contributed by atoms with Crippen molar-refractivity contribution in [3.63, 3.8) is 0 Å². The Morgan fingerprint density at radius 2 is 1.84 bits per heavy atom. The number of rotatable bonds is 6. The van der Waals surface area contributed by atoms with Gasteiger partial charge in [0.05, 0.1) is 7.11 Å². The second kappa shape index (κ2) is 7.53. The number of hydrogen-bond acceptors (Lipinski definition) is 1. The molecule has 0 bridgehead atoms. The molecule has 0 unspecified atom stereocenters. The smallest absolute Gasteiger partial charge is 0.122 e. The molecular formula is C23H36OSi. The zero-order chi connectivity index (χ0) is 18.8. The fraction of sp³-hybridized carbons (Fsp3) is 0.565. The van der Waals surface area contributed by atoms with Crippen molar-refractivity contribution in [3.8, 4) is 5.75 Å². The normalized spacial score (nSPS) is 15.2. The van der Waals surface area contributed by atoms with E-state index in [0.29, 0.717) is 0 Å². The van der Waals surface area contributed by atoms with Gasteiger partial charge in [-0.1, -0.05) is 87.8 Å². The number of aryl methyl sites for hydroxylation is 1. The van der Waals surface area contributed by atoms with Gasteiger partial charge >= 0.3 is 0 Å². The van der Waals surface area contributed by atoms with Crippen molar-refractivity contribution in [3.05, 3.63) is 46.2 Å². The molecule has 0 fully saturated rings. The molecule has 0 radical (unpaired) electrons. The van der Waals surface area contributed by atoms with E-state index in [-0.39, 0.29) is 5.41 Å². The number of hydrogen-bond donors (Lipinski definition) is 0. The first-order valence-electron chi connectivity index (χ1n) is 9.71. The number of allylic oxidation sites excluding steroid dienone is 4. The molecule has 138 valence electrons. The van der Waals surface area contributed by atoms with Crippen LogP contribution in [0.2, 0.25) is 13.1 Å². The molecule has 0 spiro atoms. The minimum absolute atomic E-state index is 0.0872. The van der Waals surface area contributed by atoms with Crippen LogP contribution in [0.25, 0.3) is 0 Å². The first-order valence-corrected chi connectivity index (χ1v) is 12.7. The molecule has 0 aromatic heterocycles. The van der Waals surface area contributed by atoms with Gasteiger partial charge in [-0.2, -0.15) is 0 Å². The Labute approximate surface area is 156 Å². The third kappa shape index (κ3) is 4.11. The van der Waals surface area contributed by atoms with Crippen molar-refractivity contribution in [2.24, 2.45) is 0 Å². The minimum Gasteiger partial charge on any atom is -0.497 e. The van der Waals surface area contributed by atoms with Gasteiger partial charge in [-0.15, -0.1) is 0 Å². The van der Waals surface area contributed by atoms with Crippen molar-refractivity contribution in [2.75, 3.05) is 7.11 Å². The van der Waals surface area contributed by atoms with Gasteiger partial charge < -0.3 is 4.74 Å². The molecule has 0 N–H and O–H groups in total. The second-order valence-electron chi connectivity index (χ2n) is 8.98. The molecule has 2 rings (SSSR count). The molecule has 1 nitrogen and oxygen atoms in total. The van der Waals surface area contributed by atoms with E-state index in [1.165, 1.54) is 35.6 Å². The van der Waals surface area contributed by atoms with Crippen LogP contribution in [0.3, 0.4) is 0 Å². The van der Waals surface area contributed by atoms with Crippen LogP contribution in [0.1, 0.15) is 64.5 Å². The summed E-state index contributed by atoms with van der Waals surface area (Å²) in [6.07, 6.45) is 9.63. The van der Waals surface area contributed by atoms with Crippen molar-refractivity contribution in [2.45, 2.75) is 78.8 Å². The number of methoxy groups -OCH3 is 1. The Morgan fingerprint density at radius 3 is 2.40 bits per heavy atom. The highest BCUT2D eigenvalue weighted by Crippen LogP contribution is 2.37. The first-order chi connectivity index (χ1) is 11.6. The van der Waals surface area contributed by atoms with Crippen LogP contribution in [0.4, 0.5) is 0 Å². The molecule has 0 heterocycles. The van der Waals surface area contributed by atoms with Crippen LogP contribution >= 0.6 is 0 Å². The van der Waals surface area contributed by atoms with E-state index in [2.05, 4.69) is 72.0 Å². The fourth-order valence-electron chi connectivity index (χ4n) is 3.99. The SMILES string of the molecule is CCCCC1=C([Si](C)(C)c2cc(C)cc(C(C)(C)C)c2OC)CC=C1. The first kappa shape index (κ1) is 20.0. The van der Waals surface area contributed by atoms with Crippen LogP contribution in [0.15, 0.2) is 35.1 Å². The Morgan fingerprint density at radius 1 is 1.16 bits per heavy atom. The summed E-state index contributed by atoms with van der Waals surface area (Å²) >= 11 is 0. The number of ether oxygens (including phenoxy) is 1. The Balaban J connectivity index is 2.61. The summed E-state index contributed by atoms with van der Waals surface area (Å²) in [5.74, 6) is 1.13. The van der Waals surface area contributed by atoms with Gasteiger partial charge in [0.2, 0.25) is 0 Å². The molecule has 2 heteroatoms. The highest BCUT2D eigenvalue weighted by Gasteiger charge is 2.36. The van der Waals surface area contributed by atoms with Gasteiger partial charge in [-0.05, 0) is 42.4 Å². The summed E-state index contributed by atoms with van der Waals surface area (Å²) in [5.41, 5.74) is 4.37. The van der Waals surface area contributed by atoms with Crippen molar-refractivity contribution >= 4 is 13.3 Å². The molecule has 1 aromatic carbocycles. The minimum atomic E-state index is -1.77. The van der Waals surface area contributed by atoms with Crippen molar-refractivity contribution in [1.82, 2.24) is 0 Å². The third-order valence-corrected chi connectivity index (χ3v) is 9.25. The Hall–Kier alpha value is -1.28. The summed E-state index contributed by atoms with van der Waals surface area (Å²) < 4.78 is 6.01. The Bertz CT molecular complexity index is 687. The molecule has 25 heavy (non-hydrogen) atoms. The fourth-order valence-corrected chi connectivity index (χ4v) is 7.34. The topological polar surface area (TPSA) is 9.23 Å². The summed E-state index contributed by atoms with van der Waals surface area (Å²) in [4.78, 5) is 0. The molecule has 0 aliphatic heterocycles. The van der Waals surface area contributed by atoms with Crippen LogP contribution in [-0.4, -0.2) is 15.2 Å². The second-order valence-corrected chi connectivity index (χ2v) is 13.4. The predicted octanol–water partition coefficient (Wildman–Crippen LogP) is 6.20. The zero-order valence-corrected chi connectivity index (χ0v) is 18.5. The molecule has 0 amide bonds.